The maximum absolute atomic E-state index is 11.6. The second-order valence-electron chi connectivity index (χ2n) is 4.03. The molecule has 0 bridgehead atoms. The van der Waals surface area contributed by atoms with Gasteiger partial charge in [0.25, 0.3) is 5.69 Å². The van der Waals surface area contributed by atoms with Crippen LogP contribution in [0.2, 0.25) is 5.02 Å². The van der Waals surface area contributed by atoms with Crippen molar-refractivity contribution in [1.29, 1.82) is 0 Å². The molecule has 0 heterocycles. The van der Waals surface area contributed by atoms with Gasteiger partial charge < -0.3 is 4.74 Å². The van der Waals surface area contributed by atoms with E-state index in [-0.39, 0.29) is 22.8 Å². The Morgan fingerprint density at radius 1 is 1.20 bits per heavy atom. The summed E-state index contributed by atoms with van der Waals surface area (Å²) in [7, 11) is 0. The Balaban J connectivity index is 2.44. The number of rotatable bonds is 4. The number of Topliss-reactive ketones (excluding diaryl/α,β-unsaturated/α-hetero) is 1. The molecular weight excluding hydrogens is 282 g/mol. The second-order valence-corrected chi connectivity index (χ2v) is 4.43. The summed E-state index contributed by atoms with van der Waals surface area (Å²) in [4.78, 5) is 21.7. The van der Waals surface area contributed by atoms with E-state index in [0.717, 1.165) is 0 Å². The van der Waals surface area contributed by atoms with E-state index in [1.54, 1.807) is 24.3 Å². The quantitative estimate of drug-likeness (QED) is 0.480. The summed E-state index contributed by atoms with van der Waals surface area (Å²) in [5.74, 6) is 0.289. The highest BCUT2D eigenvalue weighted by Crippen LogP contribution is 2.32. The lowest BCUT2D eigenvalue weighted by Gasteiger charge is -2.10. The van der Waals surface area contributed by atoms with Crippen molar-refractivity contribution in [2.45, 2.75) is 6.92 Å². The zero-order valence-electron chi connectivity index (χ0n) is 10.5. The molecule has 5 nitrogen and oxygen atoms in total. The van der Waals surface area contributed by atoms with Crippen LogP contribution in [0.4, 0.5) is 5.69 Å². The zero-order chi connectivity index (χ0) is 14.7. The van der Waals surface area contributed by atoms with E-state index in [1.807, 2.05) is 0 Å². The Labute approximate surface area is 119 Å². The van der Waals surface area contributed by atoms with Crippen LogP contribution in [0.1, 0.15) is 17.3 Å². The largest absolute Gasteiger partial charge is 0.455 e. The van der Waals surface area contributed by atoms with Crippen molar-refractivity contribution in [1.82, 2.24) is 0 Å². The van der Waals surface area contributed by atoms with Crippen LogP contribution in [0.5, 0.6) is 11.5 Å². The molecule has 0 aliphatic carbocycles. The van der Waals surface area contributed by atoms with Gasteiger partial charge in [-0.15, -0.1) is 0 Å². The van der Waals surface area contributed by atoms with Crippen molar-refractivity contribution in [3.63, 3.8) is 0 Å². The number of hydrogen-bond donors (Lipinski definition) is 0. The van der Waals surface area contributed by atoms with Crippen LogP contribution in [-0.4, -0.2) is 10.7 Å². The van der Waals surface area contributed by atoms with Gasteiger partial charge in [-0.1, -0.05) is 23.7 Å². The first-order chi connectivity index (χ1) is 9.49. The van der Waals surface area contributed by atoms with Gasteiger partial charge in [-0.3, -0.25) is 14.9 Å². The smallest absolute Gasteiger partial charge is 0.270 e. The van der Waals surface area contributed by atoms with Crippen LogP contribution in [0, 0.1) is 10.1 Å². The van der Waals surface area contributed by atoms with E-state index in [4.69, 9.17) is 16.3 Å². The Hall–Kier alpha value is -2.40. The zero-order valence-corrected chi connectivity index (χ0v) is 11.3. The maximum atomic E-state index is 11.6. The van der Waals surface area contributed by atoms with Gasteiger partial charge in [-0.2, -0.15) is 0 Å². The molecule has 2 aromatic carbocycles. The van der Waals surface area contributed by atoms with Crippen LogP contribution in [-0.2, 0) is 0 Å². The van der Waals surface area contributed by atoms with Gasteiger partial charge in [0.05, 0.1) is 15.5 Å². The summed E-state index contributed by atoms with van der Waals surface area (Å²) in [6.07, 6.45) is 0. The number of halogens is 1. The molecule has 2 aromatic rings. The minimum absolute atomic E-state index is 0.138. The van der Waals surface area contributed by atoms with Gasteiger partial charge in [0.2, 0.25) is 0 Å². The average molecular weight is 292 g/mol. The number of nitro benzene ring substituents is 1. The molecule has 0 unspecified atom stereocenters. The maximum Gasteiger partial charge on any atom is 0.270 e. The van der Waals surface area contributed by atoms with Crippen LogP contribution < -0.4 is 4.74 Å². The number of nitrogens with zero attached hydrogens (tertiary/aromatic N) is 1. The summed E-state index contributed by atoms with van der Waals surface area (Å²) in [5.41, 5.74) is -0.0270. The molecule has 102 valence electrons. The molecular formula is C14H10ClNO4. The summed E-state index contributed by atoms with van der Waals surface area (Å²) >= 11 is 5.97. The van der Waals surface area contributed by atoms with E-state index < -0.39 is 4.92 Å². The van der Waals surface area contributed by atoms with Gasteiger partial charge in [0.15, 0.2) is 5.78 Å². The average Bonchev–Trinajstić information content (AvgIpc) is 2.41. The number of benzene rings is 2. The SMILES string of the molecule is CC(=O)c1cc([N+](=O)[O-])ccc1Oc1ccccc1Cl. The Bertz CT molecular complexity index is 685. The van der Waals surface area contributed by atoms with Crippen LogP contribution in [0.15, 0.2) is 42.5 Å². The predicted molar refractivity (Wildman–Crippen MR) is 74.6 cm³/mol. The van der Waals surface area contributed by atoms with Crippen molar-refractivity contribution >= 4 is 23.1 Å². The van der Waals surface area contributed by atoms with Crippen molar-refractivity contribution in [2.24, 2.45) is 0 Å². The molecule has 0 saturated heterocycles. The van der Waals surface area contributed by atoms with Crippen LogP contribution in [0.25, 0.3) is 0 Å². The van der Waals surface area contributed by atoms with E-state index in [1.165, 1.54) is 25.1 Å². The first kappa shape index (κ1) is 14.0. The van der Waals surface area contributed by atoms with E-state index in [9.17, 15) is 14.9 Å². The molecule has 0 aliphatic rings. The van der Waals surface area contributed by atoms with Crippen LogP contribution in [0.3, 0.4) is 0 Å². The van der Waals surface area contributed by atoms with Crippen molar-refractivity contribution in [3.05, 3.63) is 63.2 Å². The lowest BCUT2D eigenvalue weighted by Crippen LogP contribution is -1.99. The van der Waals surface area contributed by atoms with Crippen molar-refractivity contribution < 1.29 is 14.5 Å². The lowest BCUT2D eigenvalue weighted by atomic mass is 10.1. The minimum atomic E-state index is -0.564. The fraction of sp³-hybridized carbons (Fsp3) is 0.0714. The first-order valence-electron chi connectivity index (χ1n) is 5.71. The molecule has 0 atom stereocenters. The molecule has 0 amide bonds. The molecule has 0 N–H and O–H groups in total. The van der Waals surface area contributed by atoms with Gasteiger partial charge in [0, 0.05) is 12.1 Å². The molecule has 0 radical (unpaired) electrons. The molecule has 20 heavy (non-hydrogen) atoms. The number of ether oxygens (including phenoxy) is 1. The monoisotopic (exact) mass is 291 g/mol. The minimum Gasteiger partial charge on any atom is -0.455 e. The Morgan fingerprint density at radius 2 is 1.90 bits per heavy atom. The number of para-hydroxylation sites is 1. The fourth-order valence-electron chi connectivity index (χ4n) is 1.64. The number of carbonyl (C=O) groups is 1. The predicted octanol–water partition coefficient (Wildman–Crippen LogP) is 4.24. The highest BCUT2D eigenvalue weighted by Gasteiger charge is 2.16. The Kier molecular flexibility index (Phi) is 4.00. The molecule has 2 rings (SSSR count). The number of nitro groups is 1. The molecule has 0 spiro atoms. The summed E-state index contributed by atoms with van der Waals surface area (Å²) in [6, 6.07) is 10.6. The second kappa shape index (κ2) is 5.71. The third-order valence-corrected chi connectivity index (χ3v) is 2.92. The molecule has 0 fully saturated rings. The lowest BCUT2D eigenvalue weighted by molar-refractivity contribution is -0.384. The standard InChI is InChI=1S/C14H10ClNO4/c1-9(17)11-8-10(16(18)19)6-7-13(11)20-14-5-3-2-4-12(14)15/h2-8H,1H3. The summed E-state index contributed by atoms with van der Waals surface area (Å²) in [6.45, 7) is 1.32. The van der Waals surface area contributed by atoms with E-state index >= 15 is 0 Å². The number of non-ortho nitro benzene ring substituents is 1. The third-order valence-electron chi connectivity index (χ3n) is 2.61. The fourth-order valence-corrected chi connectivity index (χ4v) is 1.82. The molecule has 0 aromatic heterocycles. The number of carbonyl (C=O) groups excluding carboxylic acids is 1. The van der Waals surface area contributed by atoms with Gasteiger partial charge in [-0.05, 0) is 25.1 Å². The normalized spacial score (nSPS) is 10.1. The summed E-state index contributed by atoms with van der Waals surface area (Å²) < 4.78 is 5.56. The van der Waals surface area contributed by atoms with E-state index in [0.29, 0.717) is 10.8 Å². The third kappa shape index (κ3) is 2.95. The van der Waals surface area contributed by atoms with Gasteiger partial charge in [0.1, 0.15) is 11.5 Å². The van der Waals surface area contributed by atoms with E-state index in [2.05, 4.69) is 0 Å². The van der Waals surface area contributed by atoms with Gasteiger partial charge in [-0.25, -0.2) is 0 Å². The van der Waals surface area contributed by atoms with Crippen LogP contribution >= 0.6 is 11.6 Å². The number of hydrogen-bond acceptors (Lipinski definition) is 4. The Morgan fingerprint density at radius 3 is 2.50 bits per heavy atom. The molecule has 6 heteroatoms. The molecule has 0 aliphatic heterocycles. The first-order valence-corrected chi connectivity index (χ1v) is 6.08. The van der Waals surface area contributed by atoms with Crippen molar-refractivity contribution in [2.75, 3.05) is 0 Å². The highest BCUT2D eigenvalue weighted by atomic mass is 35.5. The van der Waals surface area contributed by atoms with Gasteiger partial charge >= 0.3 is 0 Å². The topological polar surface area (TPSA) is 69.4 Å². The van der Waals surface area contributed by atoms with Crippen molar-refractivity contribution in [3.8, 4) is 11.5 Å². The number of ketones is 1. The highest BCUT2D eigenvalue weighted by molar-refractivity contribution is 6.32. The summed E-state index contributed by atoms with van der Waals surface area (Å²) in [5, 5.41) is 11.1. The molecule has 0 saturated carbocycles.